The zero-order valence-corrected chi connectivity index (χ0v) is 24.1. The number of aromatic nitrogens is 3. The number of carbonyl (C=O) groups excluding carboxylic acids is 1. The van der Waals surface area contributed by atoms with Gasteiger partial charge in [0.15, 0.2) is 5.75 Å². The van der Waals surface area contributed by atoms with Crippen LogP contribution in [0.25, 0.3) is 22.3 Å². The summed E-state index contributed by atoms with van der Waals surface area (Å²) in [6, 6.07) is 9.21. The Hall–Kier alpha value is -4.16. The van der Waals surface area contributed by atoms with Crippen LogP contribution >= 0.6 is 0 Å². The minimum atomic E-state index is -3.61. The summed E-state index contributed by atoms with van der Waals surface area (Å²) in [5, 5.41) is 30.7. The van der Waals surface area contributed by atoms with E-state index >= 15 is 0 Å². The monoisotopic (exact) mass is 666 g/mol. The second-order valence-corrected chi connectivity index (χ2v) is 12.1. The van der Waals surface area contributed by atoms with Crippen LogP contribution in [-0.2, 0) is 28.7 Å². The molecule has 1 aliphatic heterocycles. The SMILES string of the molecule is O=C(NCc1cc2nc(-c3ccc(OC(O)(O)O)c(C4CC4(F)F)n3)ccc2cn1)c1cc(C(F)F)c2c(c1)S(=O)C(F)COC2. The molecule has 3 atom stereocenters. The van der Waals surface area contributed by atoms with Crippen molar-refractivity contribution in [1.82, 2.24) is 20.3 Å². The highest BCUT2D eigenvalue weighted by Gasteiger charge is 2.60. The number of carbonyl (C=O) groups is 1. The van der Waals surface area contributed by atoms with Crippen LogP contribution < -0.4 is 10.1 Å². The smallest absolute Gasteiger partial charge is 0.415 e. The Balaban J connectivity index is 1.24. The largest absolute Gasteiger partial charge is 0.453 e. The molecule has 0 spiro atoms. The van der Waals surface area contributed by atoms with Gasteiger partial charge in [0.25, 0.3) is 18.3 Å². The molecule has 4 N–H and O–H groups in total. The molecule has 3 unspecified atom stereocenters. The molecule has 2 aliphatic rings. The van der Waals surface area contributed by atoms with E-state index in [1.807, 2.05) is 0 Å². The van der Waals surface area contributed by atoms with E-state index in [-0.39, 0.29) is 46.3 Å². The van der Waals surface area contributed by atoms with E-state index in [1.54, 1.807) is 12.1 Å². The van der Waals surface area contributed by atoms with Gasteiger partial charge in [0, 0.05) is 39.6 Å². The van der Waals surface area contributed by atoms with Crippen molar-refractivity contribution in [2.45, 2.75) is 54.4 Å². The van der Waals surface area contributed by atoms with E-state index in [0.29, 0.717) is 16.6 Å². The van der Waals surface area contributed by atoms with Crippen molar-refractivity contribution < 1.29 is 55.7 Å². The number of hydrogen-bond donors (Lipinski definition) is 4. The van der Waals surface area contributed by atoms with Gasteiger partial charge in [0.05, 0.1) is 64.8 Å². The van der Waals surface area contributed by atoms with Crippen LogP contribution in [0, 0.1) is 0 Å². The molecule has 1 fully saturated rings. The number of benzene rings is 1. The van der Waals surface area contributed by atoms with Crippen molar-refractivity contribution in [2.24, 2.45) is 0 Å². The number of nitrogens with one attached hydrogen (secondary N) is 1. The Labute approximate surface area is 258 Å². The van der Waals surface area contributed by atoms with Gasteiger partial charge in [-0.3, -0.25) is 14.0 Å². The number of halogens is 5. The maximum atomic E-state index is 14.2. The highest BCUT2D eigenvalue weighted by Crippen LogP contribution is 2.57. The first-order valence-electron chi connectivity index (χ1n) is 13.6. The fourth-order valence-corrected chi connectivity index (χ4v) is 6.11. The summed E-state index contributed by atoms with van der Waals surface area (Å²) < 4.78 is 91.8. The Bertz CT molecular complexity index is 1870. The summed E-state index contributed by atoms with van der Waals surface area (Å²) in [6.07, 6.45) is -5.75. The highest BCUT2D eigenvalue weighted by atomic mass is 32.2. The molecule has 0 saturated heterocycles. The highest BCUT2D eigenvalue weighted by molar-refractivity contribution is 7.85. The molecule has 11 nitrogen and oxygen atoms in total. The standard InChI is InChI=1S/C29H23F5N4O7S/c30-24-12-44-11-17-16(26(31)32)5-14(6-23(17)46(24)43)27(39)36-10-15-7-21-13(9-35-15)1-2-19(37-21)20-3-4-22(45-29(40,41)42)25(38-20)18-8-28(18,33)34/h1-7,9,18,24,26,40-42H,8,10-12H2,(H,36,39). The fourth-order valence-electron chi connectivity index (χ4n) is 4.95. The molecule has 46 heavy (non-hydrogen) atoms. The molecule has 4 aromatic rings. The van der Waals surface area contributed by atoms with E-state index in [2.05, 4.69) is 25.0 Å². The lowest BCUT2D eigenvalue weighted by Gasteiger charge is -2.18. The van der Waals surface area contributed by atoms with Crippen molar-refractivity contribution >= 4 is 27.6 Å². The second kappa shape index (κ2) is 11.9. The van der Waals surface area contributed by atoms with Gasteiger partial charge in [0.2, 0.25) is 5.50 Å². The average molecular weight is 667 g/mol. The van der Waals surface area contributed by atoms with Gasteiger partial charge in [-0.05, 0) is 42.5 Å². The van der Waals surface area contributed by atoms with E-state index in [0.717, 1.165) is 18.2 Å². The van der Waals surface area contributed by atoms with Crippen LogP contribution in [0.3, 0.4) is 0 Å². The molecule has 1 aromatic carbocycles. The number of ether oxygens (including phenoxy) is 2. The maximum absolute atomic E-state index is 14.2. The van der Waals surface area contributed by atoms with Crippen LogP contribution in [0.2, 0.25) is 0 Å². The van der Waals surface area contributed by atoms with Crippen molar-refractivity contribution in [3.8, 4) is 17.1 Å². The molecule has 0 radical (unpaired) electrons. The predicted octanol–water partition coefficient (Wildman–Crippen LogP) is 3.58. The molecular weight excluding hydrogens is 643 g/mol. The molecular formula is C29H23F5N4O7S. The van der Waals surface area contributed by atoms with Gasteiger partial charge in [0.1, 0.15) is 0 Å². The zero-order chi connectivity index (χ0) is 33.0. The van der Waals surface area contributed by atoms with Crippen molar-refractivity contribution in [3.63, 3.8) is 0 Å². The van der Waals surface area contributed by atoms with E-state index < -0.39 is 71.0 Å². The molecule has 1 saturated carbocycles. The fraction of sp³-hybridized carbons (Fsp3) is 0.310. The van der Waals surface area contributed by atoms with Crippen LogP contribution in [0.15, 0.2) is 53.6 Å². The van der Waals surface area contributed by atoms with Gasteiger partial charge in [-0.2, -0.15) is 0 Å². The molecule has 1 amide bonds. The summed E-state index contributed by atoms with van der Waals surface area (Å²) in [5.41, 5.74) is -2.19. The van der Waals surface area contributed by atoms with Crippen molar-refractivity contribution in [2.75, 3.05) is 6.61 Å². The first-order chi connectivity index (χ1) is 21.7. The number of rotatable bonds is 8. The molecule has 6 rings (SSSR count). The van der Waals surface area contributed by atoms with Gasteiger partial charge >= 0.3 is 6.16 Å². The lowest BCUT2D eigenvalue weighted by Crippen LogP contribution is -2.35. The quantitative estimate of drug-likeness (QED) is 0.162. The van der Waals surface area contributed by atoms with Crippen LogP contribution in [0.4, 0.5) is 22.0 Å². The molecule has 17 heteroatoms. The number of amides is 1. The average Bonchev–Trinajstić information content (AvgIpc) is 3.68. The van der Waals surface area contributed by atoms with Crippen LogP contribution in [-0.4, -0.2) is 64.6 Å². The number of aliphatic hydroxyl groups is 3. The van der Waals surface area contributed by atoms with Crippen LogP contribution in [0.5, 0.6) is 5.75 Å². The first kappa shape index (κ1) is 31.8. The summed E-state index contributed by atoms with van der Waals surface area (Å²) in [7, 11) is -2.32. The number of nitrogens with zero attached hydrogens (tertiary/aromatic N) is 3. The van der Waals surface area contributed by atoms with Crippen molar-refractivity contribution in [1.29, 1.82) is 0 Å². The van der Waals surface area contributed by atoms with Gasteiger partial charge < -0.3 is 30.1 Å². The lowest BCUT2D eigenvalue weighted by atomic mass is 10.0. The molecule has 3 aromatic heterocycles. The van der Waals surface area contributed by atoms with Gasteiger partial charge in [-0.25, -0.2) is 31.9 Å². The number of pyridine rings is 3. The molecule has 4 heterocycles. The minimum absolute atomic E-state index is 0.124. The minimum Gasteiger partial charge on any atom is -0.415 e. The van der Waals surface area contributed by atoms with E-state index in [9.17, 15) is 46.3 Å². The molecule has 1 aliphatic carbocycles. The van der Waals surface area contributed by atoms with Crippen molar-refractivity contribution in [3.05, 3.63) is 76.7 Å². The van der Waals surface area contributed by atoms with Crippen LogP contribution in [0.1, 0.15) is 51.6 Å². The summed E-state index contributed by atoms with van der Waals surface area (Å²) in [6.45, 7) is -1.11. The number of hydrogen-bond acceptors (Lipinski definition) is 10. The van der Waals surface area contributed by atoms with E-state index in [4.69, 9.17) is 4.74 Å². The summed E-state index contributed by atoms with van der Waals surface area (Å²) in [5.74, 6) is -5.75. The lowest BCUT2D eigenvalue weighted by molar-refractivity contribution is -0.419. The third-order valence-electron chi connectivity index (χ3n) is 7.30. The third-order valence-corrected chi connectivity index (χ3v) is 8.70. The topological polar surface area (TPSA) is 164 Å². The van der Waals surface area contributed by atoms with Gasteiger partial charge in [-0.15, -0.1) is 0 Å². The zero-order valence-electron chi connectivity index (χ0n) is 23.3. The predicted molar refractivity (Wildman–Crippen MR) is 149 cm³/mol. The molecule has 0 bridgehead atoms. The number of fused-ring (bicyclic) bond motifs is 2. The number of alkyl halides is 5. The Morgan fingerprint density at radius 2 is 1.85 bits per heavy atom. The Morgan fingerprint density at radius 1 is 1.13 bits per heavy atom. The second-order valence-electron chi connectivity index (χ2n) is 10.6. The van der Waals surface area contributed by atoms with Gasteiger partial charge in [-0.1, -0.05) is 0 Å². The maximum Gasteiger partial charge on any atom is 0.453 e. The molecule has 242 valence electrons. The summed E-state index contributed by atoms with van der Waals surface area (Å²) in [4.78, 5) is 25.7. The van der Waals surface area contributed by atoms with E-state index in [1.165, 1.54) is 18.3 Å². The first-order valence-corrected chi connectivity index (χ1v) is 14.8. The normalized spacial score (nSPS) is 20.7. The Kier molecular flexibility index (Phi) is 8.22. The Morgan fingerprint density at radius 3 is 2.54 bits per heavy atom. The summed E-state index contributed by atoms with van der Waals surface area (Å²) >= 11 is 0. The third kappa shape index (κ3) is 6.54.